The first kappa shape index (κ1) is 27.7. The molecule has 0 N–H and O–H groups in total. The molecular weight excluding hydrogens is 470 g/mol. The third-order valence-corrected chi connectivity index (χ3v) is 5.89. The van der Waals surface area contributed by atoms with Crippen LogP contribution in [0.15, 0.2) is 54.6 Å². The molecule has 1 saturated heterocycles. The van der Waals surface area contributed by atoms with Crippen molar-refractivity contribution in [2.45, 2.75) is 53.2 Å². The van der Waals surface area contributed by atoms with Crippen LogP contribution >= 0.6 is 0 Å². The monoisotopic (exact) mass is 502 g/mol. The molecular formula is C28H32FeNO4+. The van der Waals surface area contributed by atoms with Crippen molar-refractivity contribution in [1.29, 1.82) is 0 Å². The molecule has 0 aromatic heterocycles. The molecule has 0 radical (unpaired) electrons. The summed E-state index contributed by atoms with van der Waals surface area (Å²) in [6.07, 6.45) is 2.56. The SMILES string of the molecule is C1CCOC1.Cc1cccc(CN(Cc2cccc(C)c2[O-])Cc2cccc(C)c2[O-])c1[O-].[Fe+4]. The summed E-state index contributed by atoms with van der Waals surface area (Å²) in [5, 5.41) is 37.5. The molecule has 5 nitrogen and oxygen atoms in total. The van der Waals surface area contributed by atoms with E-state index in [1.165, 1.54) is 12.8 Å². The smallest absolute Gasteiger partial charge is 0.872 e. The maximum absolute atomic E-state index is 12.5. The van der Waals surface area contributed by atoms with Crippen LogP contribution in [-0.4, -0.2) is 18.1 Å². The Labute approximate surface area is 213 Å². The summed E-state index contributed by atoms with van der Waals surface area (Å²) in [7, 11) is 0. The molecule has 0 saturated carbocycles. The van der Waals surface area contributed by atoms with Crippen LogP contribution in [0.1, 0.15) is 46.2 Å². The fraction of sp³-hybridized carbons (Fsp3) is 0.357. The maximum atomic E-state index is 12.5. The first-order valence-corrected chi connectivity index (χ1v) is 11.4. The topological polar surface area (TPSA) is 81.7 Å². The number of nitrogens with zero attached hydrogens (tertiary/aromatic N) is 1. The van der Waals surface area contributed by atoms with Crippen molar-refractivity contribution in [3.05, 3.63) is 88.0 Å². The fourth-order valence-corrected chi connectivity index (χ4v) is 3.91. The molecule has 0 unspecified atom stereocenters. The minimum Gasteiger partial charge on any atom is -0.872 e. The Balaban J connectivity index is 0.000000603. The van der Waals surface area contributed by atoms with Crippen molar-refractivity contribution in [3.63, 3.8) is 0 Å². The number of rotatable bonds is 6. The molecule has 6 heteroatoms. The van der Waals surface area contributed by atoms with Crippen LogP contribution in [0, 0.1) is 20.8 Å². The molecule has 0 aliphatic carbocycles. The van der Waals surface area contributed by atoms with Gasteiger partial charge in [-0.25, -0.2) is 0 Å². The van der Waals surface area contributed by atoms with Gasteiger partial charge in [-0.15, -0.1) is 17.2 Å². The van der Waals surface area contributed by atoms with Gasteiger partial charge < -0.3 is 20.1 Å². The zero-order valence-electron chi connectivity index (χ0n) is 20.1. The fourth-order valence-electron chi connectivity index (χ4n) is 3.91. The second-order valence-electron chi connectivity index (χ2n) is 8.65. The molecule has 180 valence electrons. The number of hydrogen-bond acceptors (Lipinski definition) is 5. The van der Waals surface area contributed by atoms with Crippen LogP contribution in [-0.2, 0) is 41.4 Å². The molecule has 3 aromatic rings. The number of ether oxygens (including phenoxy) is 1. The molecule has 0 bridgehead atoms. The van der Waals surface area contributed by atoms with Crippen molar-refractivity contribution in [1.82, 2.24) is 4.90 Å². The molecule has 1 heterocycles. The maximum Gasteiger partial charge on any atom is 4.00 e. The summed E-state index contributed by atoms with van der Waals surface area (Å²) in [6, 6.07) is 16.4. The minimum absolute atomic E-state index is 0. The van der Waals surface area contributed by atoms with Gasteiger partial charge in [0.05, 0.1) is 0 Å². The summed E-state index contributed by atoms with van der Waals surface area (Å²) in [5.74, 6) is 0.0158. The van der Waals surface area contributed by atoms with Gasteiger partial charge >= 0.3 is 17.1 Å². The summed E-state index contributed by atoms with van der Waals surface area (Å²) in [6.45, 7) is 8.51. The van der Waals surface area contributed by atoms with Gasteiger partial charge in [-0.3, -0.25) is 4.90 Å². The molecule has 34 heavy (non-hydrogen) atoms. The van der Waals surface area contributed by atoms with Crippen LogP contribution in [0.2, 0.25) is 0 Å². The summed E-state index contributed by atoms with van der Waals surface area (Å²) < 4.78 is 4.94. The summed E-state index contributed by atoms with van der Waals surface area (Å²) in [4.78, 5) is 1.99. The van der Waals surface area contributed by atoms with E-state index in [4.69, 9.17) is 4.74 Å². The molecule has 1 fully saturated rings. The Morgan fingerprint density at radius 1 is 0.618 bits per heavy atom. The number of para-hydroxylation sites is 3. The predicted molar refractivity (Wildman–Crippen MR) is 125 cm³/mol. The number of benzene rings is 3. The molecule has 3 aromatic carbocycles. The van der Waals surface area contributed by atoms with Crippen molar-refractivity contribution >= 4 is 0 Å². The van der Waals surface area contributed by atoms with Crippen LogP contribution in [0.4, 0.5) is 0 Å². The Bertz CT molecular complexity index is 931. The van der Waals surface area contributed by atoms with Gasteiger partial charge in [0, 0.05) is 32.8 Å². The van der Waals surface area contributed by atoms with Gasteiger partial charge in [-0.1, -0.05) is 71.3 Å². The largest absolute Gasteiger partial charge is 4.00 e. The number of hydrogen-bond donors (Lipinski definition) is 0. The second kappa shape index (κ2) is 13.4. The van der Waals surface area contributed by atoms with Gasteiger partial charge in [0.15, 0.2) is 0 Å². The van der Waals surface area contributed by atoms with Gasteiger partial charge in [-0.2, -0.15) is 0 Å². The van der Waals surface area contributed by atoms with Crippen LogP contribution in [0.25, 0.3) is 0 Å². The van der Waals surface area contributed by atoms with Crippen LogP contribution in [0.3, 0.4) is 0 Å². The van der Waals surface area contributed by atoms with Gasteiger partial charge in [0.1, 0.15) is 0 Å². The normalized spacial score (nSPS) is 12.7. The van der Waals surface area contributed by atoms with E-state index in [9.17, 15) is 15.3 Å². The first-order chi connectivity index (χ1) is 15.9. The Hall–Kier alpha value is -2.50. The average Bonchev–Trinajstić information content (AvgIpc) is 3.38. The van der Waals surface area contributed by atoms with Crippen molar-refractivity contribution in [2.75, 3.05) is 13.2 Å². The standard InChI is InChI=1S/C24H27NO3.C4H8O.Fe/c1-16-7-4-10-19(22(16)26)13-25(14-20-11-5-8-17(2)23(20)27)15-21-12-6-9-18(3)24(21)28;1-2-4-5-3-1;/h4-12,26-28H,13-15H2,1-3H3;1-4H2;/q;;+4/p-3. The number of aryl methyl sites for hydroxylation is 3. The van der Waals surface area contributed by atoms with E-state index in [0.29, 0.717) is 53.0 Å². The third kappa shape index (κ3) is 7.51. The van der Waals surface area contributed by atoms with Crippen molar-refractivity contribution in [2.24, 2.45) is 0 Å². The summed E-state index contributed by atoms with van der Waals surface area (Å²) >= 11 is 0. The molecule has 0 spiro atoms. The zero-order chi connectivity index (χ0) is 23.8. The Kier molecular flexibility index (Phi) is 10.9. The summed E-state index contributed by atoms with van der Waals surface area (Å²) in [5.41, 5.74) is 4.08. The zero-order valence-corrected chi connectivity index (χ0v) is 21.2. The van der Waals surface area contributed by atoms with Gasteiger partial charge in [-0.05, 0) is 50.3 Å². The minimum atomic E-state index is 0. The van der Waals surface area contributed by atoms with Gasteiger partial charge in [0.25, 0.3) is 0 Å². The van der Waals surface area contributed by atoms with E-state index < -0.39 is 0 Å². The van der Waals surface area contributed by atoms with E-state index in [0.717, 1.165) is 13.2 Å². The molecule has 0 amide bonds. The van der Waals surface area contributed by atoms with E-state index in [2.05, 4.69) is 0 Å². The Morgan fingerprint density at radius 2 is 0.941 bits per heavy atom. The molecule has 4 rings (SSSR count). The molecule has 1 aliphatic heterocycles. The van der Waals surface area contributed by atoms with E-state index in [-0.39, 0.29) is 34.3 Å². The van der Waals surface area contributed by atoms with E-state index >= 15 is 0 Å². The second-order valence-corrected chi connectivity index (χ2v) is 8.65. The Morgan fingerprint density at radius 3 is 1.21 bits per heavy atom. The van der Waals surface area contributed by atoms with E-state index in [1.54, 1.807) is 39.0 Å². The molecule has 0 atom stereocenters. The van der Waals surface area contributed by atoms with Crippen LogP contribution < -0.4 is 15.3 Å². The quantitative estimate of drug-likeness (QED) is 0.479. The van der Waals surface area contributed by atoms with Crippen LogP contribution in [0.5, 0.6) is 17.2 Å². The first-order valence-electron chi connectivity index (χ1n) is 11.4. The van der Waals surface area contributed by atoms with Crippen molar-refractivity contribution in [3.8, 4) is 17.2 Å². The van der Waals surface area contributed by atoms with Gasteiger partial charge in [0.2, 0.25) is 0 Å². The average molecular weight is 502 g/mol. The molecule has 1 aliphatic rings. The van der Waals surface area contributed by atoms with Crippen molar-refractivity contribution < 1.29 is 37.1 Å². The third-order valence-electron chi connectivity index (χ3n) is 5.89. The van der Waals surface area contributed by atoms with E-state index in [1.807, 2.05) is 41.3 Å². The predicted octanol–water partition coefficient (Wildman–Crippen LogP) is 3.83.